The first-order chi connectivity index (χ1) is 17.5. The predicted molar refractivity (Wildman–Crippen MR) is 137 cm³/mol. The highest BCUT2D eigenvalue weighted by molar-refractivity contribution is 7.90. The van der Waals surface area contributed by atoms with Crippen molar-refractivity contribution in [2.45, 2.75) is 49.8 Å². The quantitative estimate of drug-likeness (QED) is 0.303. The topological polar surface area (TPSA) is 189 Å². The minimum absolute atomic E-state index is 0.0256. The Labute approximate surface area is 216 Å². The van der Waals surface area contributed by atoms with Crippen molar-refractivity contribution in [1.29, 1.82) is 0 Å². The van der Waals surface area contributed by atoms with Crippen molar-refractivity contribution in [1.82, 2.24) is 9.80 Å². The highest BCUT2D eigenvalue weighted by Crippen LogP contribution is 2.41. The van der Waals surface area contributed by atoms with Gasteiger partial charge in [0.05, 0.1) is 11.4 Å². The number of carboxylic acid groups (broad SMARTS) is 1. The van der Waals surface area contributed by atoms with Gasteiger partial charge in [-0.25, -0.2) is 4.79 Å². The highest BCUT2D eigenvalue weighted by Gasteiger charge is 2.39. The lowest BCUT2D eigenvalue weighted by Crippen LogP contribution is -2.49. The number of carboxylic acids is 1. The van der Waals surface area contributed by atoms with Crippen LogP contribution in [0.1, 0.15) is 44.9 Å². The second kappa shape index (κ2) is 12.2. The maximum Gasteiger partial charge on any atom is 0.351 e. The zero-order valence-corrected chi connectivity index (χ0v) is 21.5. The molecule has 2 heterocycles. The van der Waals surface area contributed by atoms with Crippen molar-refractivity contribution in [3.63, 3.8) is 0 Å². The van der Waals surface area contributed by atoms with E-state index < -0.39 is 21.7 Å². The Morgan fingerprint density at radius 2 is 1.38 bits per heavy atom. The van der Waals surface area contributed by atoms with Gasteiger partial charge in [0.25, 0.3) is 10.0 Å². The Bertz CT molecular complexity index is 1150. The molecule has 1 aromatic rings. The summed E-state index contributed by atoms with van der Waals surface area (Å²) in [5.74, 6) is -1.70. The van der Waals surface area contributed by atoms with E-state index in [0.29, 0.717) is 26.2 Å². The Morgan fingerprint density at radius 3 is 1.86 bits per heavy atom. The number of carbonyl (C=O) groups excluding carboxylic acids is 2. The molecule has 0 aromatic heterocycles. The standard InChI is InChI=1S/C24H34N6O6S/c25-23(26)27-13-8-21(32)30-16-11-24(12-17-30)9-14-29(15-10-24)20(31)7-6-19(22(33)34)28-37(35,36)18-4-2-1-3-5-18/h1-5H,6-17H2,(H,33,34)(H4,25,26,27)/b28-19+. The molecule has 0 atom stereocenters. The van der Waals surface area contributed by atoms with Crippen molar-refractivity contribution >= 4 is 39.5 Å². The molecule has 1 aromatic carbocycles. The lowest BCUT2D eigenvalue weighted by atomic mass is 9.71. The lowest BCUT2D eigenvalue weighted by Gasteiger charge is -2.47. The van der Waals surface area contributed by atoms with Gasteiger partial charge in [0.2, 0.25) is 11.8 Å². The number of aliphatic imine (C=N–C) groups is 1. The third-order valence-electron chi connectivity index (χ3n) is 7.07. The van der Waals surface area contributed by atoms with Crippen molar-refractivity contribution in [2.75, 3.05) is 32.7 Å². The van der Waals surface area contributed by atoms with Gasteiger partial charge in [0.1, 0.15) is 5.71 Å². The van der Waals surface area contributed by atoms with E-state index in [-0.39, 0.29) is 53.9 Å². The van der Waals surface area contributed by atoms with Gasteiger partial charge in [-0.1, -0.05) is 18.2 Å². The number of amides is 2. The number of nitrogens with zero attached hydrogens (tertiary/aromatic N) is 4. The first-order valence-corrected chi connectivity index (χ1v) is 13.7. The van der Waals surface area contributed by atoms with Gasteiger partial charge in [0, 0.05) is 45.4 Å². The smallest absolute Gasteiger partial charge is 0.351 e. The molecule has 0 aliphatic carbocycles. The number of benzene rings is 1. The average Bonchev–Trinajstić information content (AvgIpc) is 2.87. The zero-order chi connectivity index (χ0) is 27.1. The molecule has 3 rings (SSSR count). The molecule has 2 amide bonds. The van der Waals surface area contributed by atoms with E-state index in [0.717, 1.165) is 25.7 Å². The molecule has 2 aliphatic heterocycles. The first-order valence-electron chi connectivity index (χ1n) is 12.2. The molecular weight excluding hydrogens is 500 g/mol. The fourth-order valence-corrected chi connectivity index (χ4v) is 5.83. The SMILES string of the molecule is NC(N)=NCCC(=O)N1CCC2(CC1)CCN(C(=O)CC/C(=N\S(=O)(=O)c1ccccc1)C(=O)O)CC2. The van der Waals surface area contributed by atoms with Gasteiger partial charge in [0.15, 0.2) is 5.96 Å². The van der Waals surface area contributed by atoms with Gasteiger partial charge in [-0.15, -0.1) is 0 Å². The minimum atomic E-state index is -4.18. The summed E-state index contributed by atoms with van der Waals surface area (Å²) in [5.41, 5.74) is 10.1. The highest BCUT2D eigenvalue weighted by atomic mass is 32.2. The van der Waals surface area contributed by atoms with Crippen LogP contribution >= 0.6 is 0 Å². The summed E-state index contributed by atoms with van der Waals surface area (Å²) in [7, 11) is -4.18. The number of sulfonamides is 1. The molecule has 202 valence electrons. The summed E-state index contributed by atoms with van der Waals surface area (Å²) in [5, 5.41) is 9.44. The van der Waals surface area contributed by atoms with Gasteiger partial charge in [-0.2, -0.15) is 12.8 Å². The second-order valence-corrected chi connectivity index (χ2v) is 11.1. The van der Waals surface area contributed by atoms with Crippen LogP contribution in [0.5, 0.6) is 0 Å². The first kappa shape index (κ1) is 28.1. The minimum Gasteiger partial charge on any atom is -0.477 e. The Morgan fingerprint density at radius 1 is 0.865 bits per heavy atom. The van der Waals surface area contributed by atoms with E-state index in [1.54, 1.807) is 11.0 Å². The van der Waals surface area contributed by atoms with Crippen molar-refractivity contribution in [2.24, 2.45) is 26.3 Å². The van der Waals surface area contributed by atoms with Crippen LogP contribution in [0.15, 0.2) is 44.6 Å². The van der Waals surface area contributed by atoms with Crippen LogP contribution in [-0.2, 0) is 24.4 Å². The molecule has 2 fully saturated rings. The van der Waals surface area contributed by atoms with Crippen LogP contribution in [0, 0.1) is 5.41 Å². The van der Waals surface area contributed by atoms with E-state index in [9.17, 15) is 27.9 Å². The molecule has 13 heteroatoms. The molecule has 0 bridgehead atoms. The fraction of sp³-hybridized carbons (Fsp3) is 0.542. The van der Waals surface area contributed by atoms with Crippen LogP contribution in [0.2, 0.25) is 0 Å². The molecule has 0 saturated carbocycles. The van der Waals surface area contributed by atoms with Crippen LogP contribution in [0.3, 0.4) is 0 Å². The monoisotopic (exact) mass is 534 g/mol. The number of aliphatic carboxylic acids is 1. The number of nitrogens with two attached hydrogens (primary N) is 2. The average molecular weight is 535 g/mol. The Hall–Kier alpha value is -3.48. The zero-order valence-electron chi connectivity index (χ0n) is 20.7. The molecule has 0 unspecified atom stereocenters. The predicted octanol–water partition coefficient (Wildman–Crippen LogP) is 0.576. The van der Waals surface area contributed by atoms with E-state index in [4.69, 9.17) is 11.5 Å². The largest absolute Gasteiger partial charge is 0.477 e. The maximum absolute atomic E-state index is 12.8. The second-order valence-electron chi connectivity index (χ2n) is 9.45. The number of guanidine groups is 1. The molecule has 0 radical (unpaired) electrons. The number of hydrogen-bond acceptors (Lipinski definition) is 6. The summed E-state index contributed by atoms with van der Waals surface area (Å²) in [6.45, 7) is 2.66. The van der Waals surface area contributed by atoms with Gasteiger partial charge in [-0.3, -0.25) is 14.6 Å². The van der Waals surface area contributed by atoms with E-state index in [1.807, 2.05) is 4.90 Å². The van der Waals surface area contributed by atoms with E-state index in [2.05, 4.69) is 9.39 Å². The van der Waals surface area contributed by atoms with Crippen LogP contribution in [0.4, 0.5) is 0 Å². The van der Waals surface area contributed by atoms with Gasteiger partial charge in [-0.05, 0) is 43.2 Å². The molecule has 2 aliphatic rings. The molecular formula is C24H34N6O6S. The maximum atomic E-state index is 12.8. The summed E-state index contributed by atoms with van der Waals surface area (Å²) >= 11 is 0. The Kier molecular flexibility index (Phi) is 9.24. The molecule has 37 heavy (non-hydrogen) atoms. The van der Waals surface area contributed by atoms with Crippen molar-refractivity contribution in [3.8, 4) is 0 Å². The lowest BCUT2D eigenvalue weighted by molar-refractivity contribution is -0.136. The van der Waals surface area contributed by atoms with Crippen LogP contribution < -0.4 is 11.5 Å². The van der Waals surface area contributed by atoms with Gasteiger partial charge >= 0.3 is 5.97 Å². The molecule has 2 saturated heterocycles. The van der Waals surface area contributed by atoms with Crippen molar-refractivity contribution < 1.29 is 27.9 Å². The summed E-state index contributed by atoms with van der Waals surface area (Å²) < 4.78 is 28.3. The fourth-order valence-electron chi connectivity index (χ4n) is 4.76. The number of rotatable bonds is 9. The number of carbonyl (C=O) groups is 3. The van der Waals surface area contributed by atoms with Crippen molar-refractivity contribution in [3.05, 3.63) is 30.3 Å². The Balaban J connectivity index is 1.49. The third-order valence-corrected chi connectivity index (χ3v) is 8.40. The number of hydrogen-bond donors (Lipinski definition) is 3. The number of likely N-dealkylation sites (tertiary alicyclic amines) is 2. The molecule has 12 nitrogen and oxygen atoms in total. The molecule has 5 N–H and O–H groups in total. The summed E-state index contributed by atoms with van der Waals surface area (Å²) in [4.78, 5) is 44.0. The van der Waals surface area contributed by atoms with Gasteiger partial charge < -0.3 is 26.4 Å². The van der Waals surface area contributed by atoms with Crippen LogP contribution in [-0.4, -0.2) is 85.5 Å². The normalized spacial score (nSPS) is 17.9. The van der Waals surface area contributed by atoms with Crippen LogP contribution in [0.25, 0.3) is 0 Å². The summed E-state index contributed by atoms with van der Waals surface area (Å²) in [6, 6.07) is 7.35. The van der Waals surface area contributed by atoms with E-state index >= 15 is 0 Å². The van der Waals surface area contributed by atoms with E-state index in [1.165, 1.54) is 24.3 Å². The number of piperidine rings is 2. The molecule has 1 spiro atoms. The third kappa shape index (κ3) is 7.75. The summed E-state index contributed by atoms with van der Waals surface area (Å²) in [6.07, 6.45) is 3.17.